The highest BCUT2D eigenvalue weighted by atomic mass is 15.0. The van der Waals surface area contributed by atoms with Crippen molar-refractivity contribution in [3.05, 3.63) is 217 Å². The molecule has 0 atom stereocenters. The fourth-order valence-corrected chi connectivity index (χ4v) is 8.79. The van der Waals surface area contributed by atoms with Crippen LogP contribution in [0.25, 0.3) is 76.6 Å². The van der Waals surface area contributed by atoms with E-state index in [1.165, 1.54) is 65.3 Å². The lowest BCUT2D eigenvalue weighted by atomic mass is 9.88. The molecule has 274 valence electrons. The van der Waals surface area contributed by atoms with Gasteiger partial charge in [0.2, 0.25) is 0 Å². The van der Waals surface area contributed by atoms with E-state index in [0.717, 1.165) is 46.9 Å². The number of nitrogens with zero attached hydrogens (tertiary/aromatic N) is 3. The van der Waals surface area contributed by atoms with E-state index in [9.17, 15) is 0 Å². The zero-order valence-electron chi connectivity index (χ0n) is 31.8. The number of benzene rings is 9. The molecular formula is C54H38N4. The molecule has 1 aliphatic heterocycles. The van der Waals surface area contributed by atoms with Crippen LogP contribution in [0.15, 0.2) is 210 Å². The maximum Gasteiger partial charge on any atom is 0.162 e. The summed E-state index contributed by atoms with van der Waals surface area (Å²) in [6.07, 6.45) is 3.02. The molecule has 11 rings (SSSR count). The standard InChI is InChI=1S/C54H38N4/c1-4-16-36(17-5-1)49-27-15-33-55-53(57-54(56-49)37-18-6-2-7-19-37)39-30-31-44-42-22-10-11-23-43(42)47-26-14-25-41(52(47)48(44)34-39)38-29-32-46-45-24-12-13-28-50(45)58(51(46)35-38)40-20-8-3-9-21-40/h1-14,16-32,34-35H,15,33H2,(H,55,56,57)/b49-27-. The molecule has 1 aliphatic rings. The van der Waals surface area contributed by atoms with Crippen molar-refractivity contribution < 1.29 is 0 Å². The fraction of sp³-hybridized carbons (Fsp3) is 0.0370. The Hall–Kier alpha value is -7.56. The molecule has 58 heavy (non-hydrogen) atoms. The van der Waals surface area contributed by atoms with Crippen LogP contribution >= 0.6 is 0 Å². The van der Waals surface area contributed by atoms with Crippen molar-refractivity contribution in [3.8, 4) is 16.8 Å². The molecule has 9 aromatic carbocycles. The Labute approximate surface area is 336 Å². The maximum absolute atomic E-state index is 5.35. The molecule has 0 spiro atoms. The molecular weight excluding hydrogens is 705 g/mol. The van der Waals surface area contributed by atoms with Crippen molar-refractivity contribution in [2.75, 3.05) is 6.54 Å². The third-order valence-electron chi connectivity index (χ3n) is 11.5. The second-order valence-corrected chi connectivity index (χ2v) is 14.9. The van der Waals surface area contributed by atoms with E-state index in [0.29, 0.717) is 5.84 Å². The SMILES string of the molecule is C1=C(c2ccccc2)/N=C(c2ccccc2)\N=C(\c2ccc3c4ccccc4c4cccc(-c5ccc6c7ccccc7n(-c7ccccc7)c6c5)c4c3c2)NCC\1. The number of hydrogen-bond donors (Lipinski definition) is 1. The van der Waals surface area contributed by atoms with E-state index in [1.54, 1.807) is 0 Å². The number of amidine groups is 2. The normalized spacial score (nSPS) is 16.2. The van der Waals surface area contributed by atoms with Crippen molar-refractivity contribution in [2.24, 2.45) is 9.98 Å². The quantitative estimate of drug-likeness (QED) is 0.175. The minimum atomic E-state index is 0.673. The highest BCUT2D eigenvalue weighted by Gasteiger charge is 2.19. The largest absolute Gasteiger partial charge is 0.369 e. The average Bonchev–Trinajstić information content (AvgIpc) is 3.68. The summed E-state index contributed by atoms with van der Waals surface area (Å²) in [6, 6.07) is 69.5. The number of fused-ring (bicyclic) bond motifs is 9. The summed E-state index contributed by atoms with van der Waals surface area (Å²) in [5.41, 5.74) is 9.90. The van der Waals surface area contributed by atoms with Crippen LogP contribution in [0, 0.1) is 0 Å². The van der Waals surface area contributed by atoms with Crippen molar-refractivity contribution >= 4 is 71.5 Å². The minimum Gasteiger partial charge on any atom is -0.369 e. The summed E-state index contributed by atoms with van der Waals surface area (Å²) in [7, 11) is 0. The lowest BCUT2D eigenvalue weighted by Crippen LogP contribution is -2.26. The van der Waals surface area contributed by atoms with Crippen molar-refractivity contribution in [2.45, 2.75) is 6.42 Å². The van der Waals surface area contributed by atoms with Gasteiger partial charge in [0.1, 0.15) is 5.84 Å². The van der Waals surface area contributed by atoms with Gasteiger partial charge < -0.3 is 9.88 Å². The van der Waals surface area contributed by atoms with Crippen LogP contribution < -0.4 is 5.32 Å². The van der Waals surface area contributed by atoms with Crippen molar-refractivity contribution in [1.29, 1.82) is 0 Å². The molecule has 0 unspecified atom stereocenters. The van der Waals surface area contributed by atoms with Crippen LogP contribution in [0.4, 0.5) is 0 Å². The summed E-state index contributed by atoms with van der Waals surface area (Å²) >= 11 is 0. The van der Waals surface area contributed by atoms with Crippen LogP contribution in [-0.4, -0.2) is 22.8 Å². The van der Waals surface area contributed by atoms with Crippen LogP contribution in [0.1, 0.15) is 23.1 Å². The third-order valence-corrected chi connectivity index (χ3v) is 11.5. The van der Waals surface area contributed by atoms with Gasteiger partial charge in [-0.3, -0.25) is 0 Å². The predicted octanol–water partition coefficient (Wildman–Crippen LogP) is 13.1. The third kappa shape index (κ3) is 5.77. The molecule has 0 radical (unpaired) electrons. The van der Waals surface area contributed by atoms with Gasteiger partial charge in [-0.05, 0) is 85.8 Å². The van der Waals surface area contributed by atoms with Gasteiger partial charge in [0.05, 0.1) is 16.7 Å². The maximum atomic E-state index is 5.35. The predicted molar refractivity (Wildman–Crippen MR) is 245 cm³/mol. The summed E-state index contributed by atoms with van der Waals surface area (Å²) in [6.45, 7) is 0.726. The average molecular weight is 743 g/mol. The lowest BCUT2D eigenvalue weighted by Gasteiger charge is -2.17. The molecule has 0 bridgehead atoms. The van der Waals surface area contributed by atoms with Gasteiger partial charge in [0, 0.05) is 34.1 Å². The first kappa shape index (κ1) is 33.8. The molecule has 4 heteroatoms. The molecule has 0 saturated heterocycles. The van der Waals surface area contributed by atoms with Crippen LogP contribution in [-0.2, 0) is 0 Å². The topological polar surface area (TPSA) is 41.7 Å². The first-order valence-electron chi connectivity index (χ1n) is 20.0. The Morgan fingerprint density at radius 3 is 1.81 bits per heavy atom. The molecule has 2 heterocycles. The van der Waals surface area contributed by atoms with Crippen molar-refractivity contribution in [1.82, 2.24) is 9.88 Å². The molecule has 1 aromatic heterocycles. The molecule has 1 N–H and O–H groups in total. The number of para-hydroxylation sites is 2. The molecule has 0 amide bonds. The van der Waals surface area contributed by atoms with Gasteiger partial charge in [-0.25, -0.2) is 9.98 Å². The smallest absolute Gasteiger partial charge is 0.162 e. The molecule has 0 fully saturated rings. The molecule has 0 aliphatic carbocycles. The summed E-state index contributed by atoms with van der Waals surface area (Å²) < 4.78 is 2.40. The monoisotopic (exact) mass is 742 g/mol. The Kier molecular flexibility index (Phi) is 8.25. The van der Waals surface area contributed by atoms with E-state index in [2.05, 4.69) is 186 Å². The Morgan fingerprint density at radius 1 is 0.414 bits per heavy atom. The van der Waals surface area contributed by atoms with Gasteiger partial charge in [-0.2, -0.15) is 0 Å². The van der Waals surface area contributed by atoms with E-state index in [1.807, 2.05) is 24.3 Å². The summed E-state index contributed by atoms with van der Waals surface area (Å²) in [5.74, 6) is 1.48. The number of aliphatic imine (C=N–C) groups is 2. The highest BCUT2D eigenvalue weighted by Crippen LogP contribution is 2.42. The Bertz CT molecular complexity index is 3280. The zero-order valence-corrected chi connectivity index (χ0v) is 31.8. The number of hydrogen-bond acceptors (Lipinski definition) is 3. The molecule has 0 saturated carbocycles. The highest BCUT2D eigenvalue weighted by molar-refractivity contribution is 6.29. The van der Waals surface area contributed by atoms with Gasteiger partial charge >= 0.3 is 0 Å². The van der Waals surface area contributed by atoms with E-state index in [-0.39, 0.29) is 0 Å². The minimum absolute atomic E-state index is 0.673. The van der Waals surface area contributed by atoms with Crippen LogP contribution in [0.3, 0.4) is 0 Å². The van der Waals surface area contributed by atoms with E-state index >= 15 is 0 Å². The Balaban J connectivity index is 1.15. The molecule has 10 aromatic rings. The zero-order chi connectivity index (χ0) is 38.4. The van der Waals surface area contributed by atoms with Gasteiger partial charge in [0.25, 0.3) is 0 Å². The van der Waals surface area contributed by atoms with Crippen molar-refractivity contribution in [3.63, 3.8) is 0 Å². The van der Waals surface area contributed by atoms with E-state index in [4.69, 9.17) is 9.98 Å². The van der Waals surface area contributed by atoms with E-state index < -0.39 is 0 Å². The second-order valence-electron chi connectivity index (χ2n) is 14.9. The second kappa shape index (κ2) is 14.2. The van der Waals surface area contributed by atoms with Crippen LogP contribution in [0.2, 0.25) is 0 Å². The number of rotatable bonds is 5. The number of aromatic nitrogens is 1. The lowest BCUT2D eigenvalue weighted by molar-refractivity contribution is 0.892. The number of nitrogens with one attached hydrogen (secondary N) is 1. The summed E-state index contributed by atoms with van der Waals surface area (Å²) in [4.78, 5) is 10.6. The van der Waals surface area contributed by atoms with Gasteiger partial charge in [0.15, 0.2) is 5.84 Å². The molecule has 4 nitrogen and oxygen atoms in total. The Morgan fingerprint density at radius 2 is 1.02 bits per heavy atom. The summed E-state index contributed by atoms with van der Waals surface area (Å²) in [5, 5.41) is 13.6. The first-order chi connectivity index (χ1) is 28.8. The van der Waals surface area contributed by atoms with Gasteiger partial charge in [-0.15, -0.1) is 0 Å². The van der Waals surface area contributed by atoms with Gasteiger partial charge in [-0.1, -0.05) is 170 Å². The fourth-order valence-electron chi connectivity index (χ4n) is 8.79. The van der Waals surface area contributed by atoms with Crippen LogP contribution in [0.5, 0.6) is 0 Å². The first-order valence-corrected chi connectivity index (χ1v) is 20.0.